The molecule has 0 atom stereocenters. The quantitative estimate of drug-likeness (QED) is 0.451. The molecule has 8 nitrogen and oxygen atoms in total. The van der Waals surface area contributed by atoms with Crippen molar-refractivity contribution in [2.45, 2.75) is 52.0 Å². The van der Waals surface area contributed by atoms with Gasteiger partial charge in [0.25, 0.3) is 17.7 Å². The highest BCUT2D eigenvalue weighted by Gasteiger charge is 2.44. The molecule has 34 heavy (non-hydrogen) atoms. The number of hydrogen-bond acceptors (Lipinski definition) is 7. The van der Waals surface area contributed by atoms with Crippen molar-refractivity contribution in [1.29, 1.82) is 0 Å². The van der Waals surface area contributed by atoms with Gasteiger partial charge in [-0.15, -0.1) is 11.3 Å². The van der Waals surface area contributed by atoms with Crippen LogP contribution in [0.2, 0.25) is 0 Å². The van der Waals surface area contributed by atoms with Crippen molar-refractivity contribution in [3.8, 4) is 0 Å². The molecular formula is C25H28N2O6S. The molecule has 2 aromatic rings. The fourth-order valence-corrected chi connectivity index (χ4v) is 5.73. The van der Waals surface area contributed by atoms with E-state index in [-0.39, 0.29) is 31.6 Å². The summed E-state index contributed by atoms with van der Waals surface area (Å²) in [6.07, 6.45) is 3.73. The molecule has 1 N–H and O–H groups in total. The Labute approximate surface area is 202 Å². The van der Waals surface area contributed by atoms with Crippen LogP contribution in [-0.2, 0) is 27.1 Å². The highest BCUT2D eigenvalue weighted by Crippen LogP contribution is 2.38. The number of amides is 3. The first-order valence-corrected chi connectivity index (χ1v) is 12.2. The molecule has 0 fully saturated rings. The van der Waals surface area contributed by atoms with Gasteiger partial charge in [-0.3, -0.25) is 19.3 Å². The van der Waals surface area contributed by atoms with Gasteiger partial charge in [0, 0.05) is 4.88 Å². The zero-order chi connectivity index (χ0) is 24.5. The van der Waals surface area contributed by atoms with Crippen molar-refractivity contribution in [2.75, 3.05) is 25.1 Å². The summed E-state index contributed by atoms with van der Waals surface area (Å²) in [5.74, 6) is -1.59. The van der Waals surface area contributed by atoms with Gasteiger partial charge in [-0.05, 0) is 64.2 Å². The zero-order valence-electron chi connectivity index (χ0n) is 19.6. The summed E-state index contributed by atoms with van der Waals surface area (Å²) in [5, 5.41) is 3.29. The molecule has 1 aromatic carbocycles. The van der Waals surface area contributed by atoms with Crippen molar-refractivity contribution >= 4 is 40.0 Å². The predicted octanol–water partition coefficient (Wildman–Crippen LogP) is 3.83. The molecule has 1 aromatic heterocycles. The number of hydrogen-bond donors (Lipinski definition) is 1. The minimum absolute atomic E-state index is 0.0163. The molecule has 9 heteroatoms. The number of aryl methyl sites for hydroxylation is 1. The molecule has 3 amide bonds. The lowest BCUT2D eigenvalue weighted by Gasteiger charge is -2.33. The van der Waals surface area contributed by atoms with Crippen LogP contribution in [0, 0.1) is 0 Å². The van der Waals surface area contributed by atoms with Gasteiger partial charge in [-0.1, -0.05) is 12.1 Å². The third-order valence-corrected chi connectivity index (χ3v) is 7.20. The minimum Gasteiger partial charge on any atom is -0.462 e. The number of nitrogens with one attached hydrogen (secondary N) is 1. The molecule has 1 aliphatic carbocycles. The van der Waals surface area contributed by atoms with Gasteiger partial charge in [-0.25, -0.2) is 4.79 Å². The molecule has 0 radical (unpaired) electrons. The summed E-state index contributed by atoms with van der Waals surface area (Å²) >= 11 is 1.41. The van der Waals surface area contributed by atoms with Crippen molar-refractivity contribution in [1.82, 2.24) is 4.90 Å². The molecule has 180 valence electrons. The summed E-state index contributed by atoms with van der Waals surface area (Å²) in [7, 11) is 0. The predicted molar refractivity (Wildman–Crippen MR) is 127 cm³/mol. The number of nitrogens with zero attached hydrogens (tertiary/aromatic N) is 1. The third kappa shape index (κ3) is 4.50. The van der Waals surface area contributed by atoms with Crippen LogP contribution in [0.5, 0.6) is 0 Å². The maximum atomic E-state index is 12.8. The van der Waals surface area contributed by atoms with Gasteiger partial charge in [-0.2, -0.15) is 0 Å². The Bertz CT molecular complexity index is 1120. The van der Waals surface area contributed by atoms with Gasteiger partial charge in [0.05, 0.1) is 35.4 Å². The van der Waals surface area contributed by atoms with Crippen LogP contribution in [0.15, 0.2) is 24.3 Å². The molecular weight excluding hydrogens is 456 g/mol. The largest absolute Gasteiger partial charge is 0.462 e. The summed E-state index contributed by atoms with van der Waals surface area (Å²) in [4.78, 5) is 53.0. The first-order valence-electron chi connectivity index (χ1n) is 11.4. The zero-order valence-corrected chi connectivity index (χ0v) is 20.4. The van der Waals surface area contributed by atoms with Crippen LogP contribution in [0.3, 0.4) is 0 Å². The van der Waals surface area contributed by atoms with Crippen molar-refractivity contribution in [2.24, 2.45) is 0 Å². The number of rotatable bonds is 8. The molecule has 0 saturated heterocycles. The Hall–Kier alpha value is -3.04. The molecule has 0 spiro atoms. The van der Waals surface area contributed by atoms with Crippen molar-refractivity contribution in [3.63, 3.8) is 0 Å². The van der Waals surface area contributed by atoms with E-state index in [4.69, 9.17) is 9.47 Å². The van der Waals surface area contributed by atoms with Crippen molar-refractivity contribution < 1.29 is 28.7 Å². The van der Waals surface area contributed by atoms with Crippen LogP contribution in [0.4, 0.5) is 5.00 Å². The second-order valence-corrected chi connectivity index (χ2v) is 10.1. The van der Waals surface area contributed by atoms with Gasteiger partial charge < -0.3 is 14.8 Å². The molecule has 4 rings (SSSR count). The first-order chi connectivity index (χ1) is 16.2. The topological polar surface area (TPSA) is 102 Å². The van der Waals surface area contributed by atoms with Gasteiger partial charge in [0.1, 0.15) is 11.6 Å². The lowest BCUT2D eigenvalue weighted by atomic mass is 9.95. The average Bonchev–Trinajstić information content (AvgIpc) is 3.28. The minimum atomic E-state index is -0.953. The van der Waals surface area contributed by atoms with E-state index in [2.05, 4.69) is 5.32 Å². The van der Waals surface area contributed by atoms with E-state index < -0.39 is 17.4 Å². The lowest BCUT2D eigenvalue weighted by Crippen LogP contribution is -2.50. The Morgan fingerprint density at radius 3 is 2.38 bits per heavy atom. The average molecular weight is 485 g/mol. The fourth-order valence-electron chi connectivity index (χ4n) is 4.43. The lowest BCUT2D eigenvalue weighted by molar-refractivity contribution is -0.121. The number of ether oxygens (including phenoxy) is 2. The maximum Gasteiger partial charge on any atom is 0.341 e. The first kappa shape index (κ1) is 24.1. The molecule has 2 aliphatic rings. The van der Waals surface area contributed by atoms with Crippen LogP contribution in [0.25, 0.3) is 0 Å². The number of fused-ring (bicyclic) bond motifs is 2. The van der Waals surface area contributed by atoms with E-state index in [0.717, 1.165) is 36.1 Å². The molecule has 2 heterocycles. The number of thiophene rings is 1. The summed E-state index contributed by atoms with van der Waals surface area (Å²) in [6, 6.07) is 6.69. The second kappa shape index (κ2) is 9.68. The Morgan fingerprint density at radius 1 is 1.09 bits per heavy atom. The van der Waals surface area contributed by atoms with Crippen LogP contribution in [0.1, 0.15) is 75.1 Å². The Balaban J connectivity index is 1.40. The van der Waals surface area contributed by atoms with E-state index in [0.29, 0.717) is 21.7 Å². The van der Waals surface area contributed by atoms with E-state index in [1.54, 1.807) is 45.0 Å². The van der Waals surface area contributed by atoms with E-state index in [1.165, 1.54) is 16.2 Å². The number of carbonyl (C=O) groups excluding carboxylic acids is 4. The number of esters is 1. The SMILES string of the molecule is CCOC(=O)c1c(NC(=O)COCC(C)(C)N2C(=O)c3ccccc3C2=O)sc2c1CCCC2. The fraction of sp³-hybridized carbons (Fsp3) is 0.440. The van der Waals surface area contributed by atoms with Gasteiger partial charge >= 0.3 is 5.97 Å². The highest BCUT2D eigenvalue weighted by atomic mass is 32.1. The standard InChI is InChI=1S/C25H28N2O6S/c1-4-33-24(31)20-17-11-7-8-12-18(17)34-21(20)26-19(28)13-32-14-25(2,3)27-22(29)15-9-5-6-10-16(15)23(27)30/h5-6,9-10H,4,7-8,11-14H2,1-3H3,(H,26,28). The van der Waals surface area contributed by atoms with Gasteiger partial charge in [0.15, 0.2) is 0 Å². The van der Waals surface area contributed by atoms with E-state index in [1.807, 2.05) is 0 Å². The summed E-state index contributed by atoms with van der Waals surface area (Å²) < 4.78 is 10.8. The van der Waals surface area contributed by atoms with Crippen LogP contribution in [-0.4, -0.2) is 54.0 Å². The Morgan fingerprint density at radius 2 is 1.74 bits per heavy atom. The highest BCUT2D eigenvalue weighted by molar-refractivity contribution is 7.17. The maximum absolute atomic E-state index is 12.8. The smallest absolute Gasteiger partial charge is 0.341 e. The molecule has 0 saturated carbocycles. The number of benzene rings is 1. The molecule has 0 unspecified atom stereocenters. The van der Waals surface area contributed by atoms with E-state index in [9.17, 15) is 19.2 Å². The summed E-state index contributed by atoms with van der Waals surface area (Å²) in [5.41, 5.74) is 1.20. The van der Waals surface area contributed by atoms with Crippen LogP contribution < -0.4 is 5.32 Å². The van der Waals surface area contributed by atoms with Crippen molar-refractivity contribution in [3.05, 3.63) is 51.4 Å². The summed E-state index contributed by atoms with van der Waals surface area (Å²) in [6.45, 7) is 5.15. The normalized spacial score (nSPS) is 15.2. The third-order valence-electron chi connectivity index (χ3n) is 5.99. The van der Waals surface area contributed by atoms with Gasteiger partial charge in [0.2, 0.25) is 0 Å². The molecule has 0 bridgehead atoms. The molecule has 1 aliphatic heterocycles. The number of carbonyl (C=O) groups is 4. The second-order valence-electron chi connectivity index (χ2n) is 8.98. The Kier molecular flexibility index (Phi) is 6.86. The van der Waals surface area contributed by atoms with Crippen LogP contribution >= 0.6 is 11.3 Å². The number of imide groups is 1. The van der Waals surface area contributed by atoms with E-state index >= 15 is 0 Å². The number of anilines is 1. The monoisotopic (exact) mass is 484 g/mol.